The molecule has 9 nitrogen and oxygen atoms in total. The lowest BCUT2D eigenvalue weighted by atomic mass is 10.2. The van der Waals surface area contributed by atoms with E-state index in [-0.39, 0.29) is 23.8 Å². The third-order valence-electron chi connectivity index (χ3n) is 5.47. The molecule has 0 aliphatic carbocycles. The van der Waals surface area contributed by atoms with Crippen molar-refractivity contribution >= 4 is 50.5 Å². The summed E-state index contributed by atoms with van der Waals surface area (Å²) in [5, 5.41) is 4.40. The quantitative estimate of drug-likeness (QED) is 0.463. The molecule has 0 bridgehead atoms. The summed E-state index contributed by atoms with van der Waals surface area (Å²) in [7, 11) is -2.66. The molecule has 2 heterocycles. The summed E-state index contributed by atoms with van der Waals surface area (Å²) >= 11 is 1.36. The Labute approximate surface area is 207 Å². The third-order valence-corrected chi connectivity index (χ3v) is 8.20. The van der Waals surface area contributed by atoms with E-state index in [2.05, 4.69) is 5.32 Å². The fourth-order valence-corrected chi connectivity index (χ4v) is 6.16. The van der Waals surface area contributed by atoms with E-state index >= 15 is 0 Å². The highest BCUT2D eigenvalue weighted by molar-refractivity contribution is 7.89. The van der Waals surface area contributed by atoms with Crippen LogP contribution >= 0.6 is 11.3 Å². The number of carbonyl (C=O) groups is 3. The second kappa shape index (κ2) is 9.98. The molecule has 1 atom stereocenters. The maximum atomic E-state index is 13.7. The molecule has 182 valence electrons. The number of ether oxygens (including phenoxy) is 1. The summed E-state index contributed by atoms with van der Waals surface area (Å²) in [6.07, 6.45) is -0.278. The first kappa shape index (κ1) is 24.6. The highest BCUT2D eigenvalue weighted by Gasteiger charge is 2.47. The van der Waals surface area contributed by atoms with Gasteiger partial charge in [0.25, 0.3) is 5.91 Å². The Hall–Kier alpha value is -3.54. The zero-order valence-corrected chi connectivity index (χ0v) is 20.6. The van der Waals surface area contributed by atoms with Crippen molar-refractivity contribution < 1.29 is 27.5 Å². The smallest absolute Gasteiger partial charge is 0.252 e. The lowest BCUT2D eigenvalue weighted by Gasteiger charge is -2.26. The Balaban J connectivity index is 1.69. The van der Waals surface area contributed by atoms with E-state index in [9.17, 15) is 22.8 Å². The van der Waals surface area contributed by atoms with Gasteiger partial charge in [-0.3, -0.25) is 14.4 Å². The van der Waals surface area contributed by atoms with Crippen molar-refractivity contribution in [3.63, 3.8) is 0 Å². The molecule has 3 amide bonds. The summed E-state index contributed by atoms with van der Waals surface area (Å²) in [4.78, 5) is 39.3. The number of anilines is 2. The van der Waals surface area contributed by atoms with Gasteiger partial charge < -0.3 is 10.1 Å². The topological polar surface area (TPSA) is 113 Å². The van der Waals surface area contributed by atoms with Gasteiger partial charge in [0.05, 0.1) is 24.1 Å². The molecule has 2 aromatic carbocycles. The van der Waals surface area contributed by atoms with Crippen LogP contribution in [-0.2, 0) is 31.0 Å². The summed E-state index contributed by atoms with van der Waals surface area (Å²) in [6.45, 7) is 1.29. The van der Waals surface area contributed by atoms with E-state index in [1.54, 1.807) is 36.4 Å². The van der Waals surface area contributed by atoms with Crippen LogP contribution in [0, 0.1) is 0 Å². The summed E-state index contributed by atoms with van der Waals surface area (Å²) in [5.41, 5.74) is 0.787. The molecule has 4 rings (SSSR count). The molecule has 1 aromatic heterocycles. The minimum Gasteiger partial charge on any atom is -0.497 e. The lowest BCUT2D eigenvalue weighted by molar-refractivity contribution is -0.122. The molecule has 11 heteroatoms. The van der Waals surface area contributed by atoms with Gasteiger partial charge in [0.2, 0.25) is 21.8 Å². The molecule has 1 aliphatic heterocycles. The van der Waals surface area contributed by atoms with Crippen LogP contribution in [0.25, 0.3) is 0 Å². The SMILES string of the molecule is COc1ccc(N2C(=O)CC(N(Cc3cccs3)S(=O)(=O)c3ccc(NC(C)=O)cc3)C2=O)cc1. The van der Waals surface area contributed by atoms with Gasteiger partial charge in [0.15, 0.2) is 0 Å². The summed E-state index contributed by atoms with van der Waals surface area (Å²) < 4.78 is 33.6. The fraction of sp³-hybridized carbons (Fsp3) is 0.208. The van der Waals surface area contributed by atoms with Crippen molar-refractivity contribution in [2.45, 2.75) is 30.8 Å². The van der Waals surface area contributed by atoms with Gasteiger partial charge in [0, 0.05) is 24.0 Å². The van der Waals surface area contributed by atoms with Crippen LogP contribution in [0.4, 0.5) is 11.4 Å². The van der Waals surface area contributed by atoms with Gasteiger partial charge in [-0.05, 0) is 60.0 Å². The average molecular weight is 514 g/mol. The van der Waals surface area contributed by atoms with Crippen molar-refractivity contribution in [3.05, 3.63) is 70.9 Å². The molecule has 3 aromatic rings. The van der Waals surface area contributed by atoms with Gasteiger partial charge in [-0.2, -0.15) is 4.31 Å². The van der Waals surface area contributed by atoms with E-state index in [0.29, 0.717) is 17.1 Å². The Kier molecular flexibility index (Phi) is 7.01. The Morgan fingerprint density at radius 1 is 1.11 bits per heavy atom. The molecule has 0 saturated carbocycles. The number of nitrogens with one attached hydrogen (secondary N) is 1. The molecule has 0 radical (unpaired) electrons. The van der Waals surface area contributed by atoms with Gasteiger partial charge in [-0.25, -0.2) is 13.3 Å². The second-order valence-electron chi connectivity index (χ2n) is 7.82. The van der Waals surface area contributed by atoms with Gasteiger partial charge in [-0.1, -0.05) is 6.07 Å². The summed E-state index contributed by atoms with van der Waals surface area (Å²) in [6, 6.07) is 14.5. The predicted octanol–water partition coefficient (Wildman–Crippen LogP) is 3.24. The van der Waals surface area contributed by atoms with Crippen LogP contribution in [0.2, 0.25) is 0 Å². The van der Waals surface area contributed by atoms with Crippen molar-refractivity contribution in [1.82, 2.24) is 4.31 Å². The van der Waals surface area contributed by atoms with E-state index in [0.717, 1.165) is 14.1 Å². The lowest BCUT2D eigenvalue weighted by Crippen LogP contribution is -2.44. The predicted molar refractivity (Wildman–Crippen MR) is 132 cm³/mol. The Bertz CT molecular complexity index is 1340. The number of hydrogen-bond acceptors (Lipinski definition) is 7. The molecule has 35 heavy (non-hydrogen) atoms. The zero-order chi connectivity index (χ0) is 25.2. The highest BCUT2D eigenvalue weighted by Crippen LogP contribution is 2.32. The van der Waals surface area contributed by atoms with Crippen LogP contribution in [0.1, 0.15) is 18.2 Å². The van der Waals surface area contributed by atoms with E-state index in [4.69, 9.17) is 4.74 Å². The second-order valence-corrected chi connectivity index (χ2v) is 10.7. The van der Waals surface area contributed by atoms with Crippen LogP contribution in [0.5, 0.6) is 5.75 Å². The number of thiophene rings is 1. The molecule has 0 spiro atoms. The number of carbonyl (C=O) groups excluding carboxylic acids is 3. The monoisotopic (exact) mass is 513 g/mol. The number of amides is 3. The van der Waals surface area contributed by atoms with E-state index in [1.807, 2.05) is 5.38 Å². The molecule has 1 unspecified atom stereocenters. The highest BCUT2D eigenvalue weighted by atomic mass is 32.2. The van der Waals surface area contributed by atoms with Crippen LogP contribution in [-0.4, -0.2) is 43.6 Å². The number of imide groups is 1. The molecule has 1 saturated heterocycles. The molecular weight excluding hydrogens is 490 g/mol. The third kappa shape index (κ3) is 5.11. The van der Waals surface area contributed by atoms with Gasteiger partial charge in [0.1, 0.15) is 11.8 Å². The maximum absolute atomic E-state index is 13.7. The molecular formula is C24H23N3O6S2. The zero-order valence-electron chi connectivity index (χ0n) is 19.0. The number of rotatable bonds is 8. The van der Waals surface area contributed by atoms with Crippen molar-refractivity contribution in [2.75, 3.05) is 17.3 Å². The molecule has 1 aliphatic rings. The van der Waals surface area contributed by atoms with Crippen LogP contribution in [0.15, 0.2) is 70.9 Å². The van der Waals surface area contributed by atoms with Crippen molar-refractivity contribution in [2.24, 2.45) is 0 Å². The van der Waals surface area contributed by atoms with Crippen molar-refractivity contribution in [1.29, 1.82) is 0 Å². The average Bonchev–Trinajstić information content (AvgIpc) is 3.45. The van der Waals surface area contributed by atoms with Crippen molar-refractivity contribution in [3.8, 4) is 5.75 Å². The standard InChI is InChI=1S/C24H23N3O6S2/c1-16(28)25-17-5-11-21(12-6-17)35(31,32)26(15-20-4-3-13-34-20)22-14-23(29)27(24(22)30)18-7-9-19(33-2)10-8-18/h3-13,22H,14-15H2,1-2H3,(H,25,28). The first-order valence-corrected chi connectivity index (χ1v) is 13.0. The number of nitrogens with zero attached hydrogens (tertiary/aromatic N) is 2. The minimum atomic E-state index is -4.17. The van der Waals surface area contributed by atoms with E-state index < -0.39 is 27.9 Å². The number of benzene rings is 2. The van der Waals surface area contributed by atoms with Crippen LogP contribution < -0.4 is 15.0 Å². The minimum absolute atomic E-state index is 0.0497. The number of methoxy groups -OCH3 is 1. The van der Waals surface area contributed by atoms with Crippen LogP contribution in [0.3, 0.4) is 0 Å². The van der Waals surface area contributed by atoms with Gasteiger partial charge >= 0.3 is 0 Å². The first-order chi connectivity index (χ1) is 16.7. The van der Waals surface area contributed by atoms with E-state index in [1.165, 1.54) is 49.6 Å². The number of hydrogen-bond donors (Lipinski definition) is 1. The Morgan fingerprint density at radius 3 is 2.37 bits per heavy atom. The largest absolute Gasteiger partial charge is 0.497 e. The first-order valence-electron chi connectivity index (χ1n) is 10.6. The number of sulfonamides is 1. The Morgan fingerprint density at radius 2 is 1.80 bits per heavy atom. The molecule has 1 N–H and O–H groups in total. The summed E-state index contributed by atoms with van der Waals surface area (Å²) in [5.74, 6) is -0.824. The normalized spacial score (nSPS) is 16.1. The van der Waals surface area contributed by atoms with Gasteiger partial charge in [-0.15, -0.1) is 11.3 Å². The molecule has 1 fully saturated rings. The fourth-order valence-electron chi connectivity index (χ4n) is 3.81. The maximum Gasteiger partial charge on any atom is 0.252 e.